The van der Waals surface area contributed by atoms with Crippen molar-refractivity contribution >= 4 is 11.9 Å². The third kappa shape index (κ3) is 6.46. The lowest BCUT2D eigenvalue weighted by Crippen LogP contribution is -2.24. The van der Waals surface area contributed by atoms with Crippen LogP contribution in [0, 0.1) is 23.7 Å². The van der Waals surface area contributed by atoms with Gasteiger partial charge < -0.3 is 15.7 Å². The molecule has 0 radical (unpaired) electrons. The van der Waals surface area contributed by atoms with E-state index in [1.807, 2.05) is 13.8 Å². The zero-order valence-electron chi connectivity index (χ0n) is 13.2. The molecule has 5 heteroatoms. The first-order valence-electron chi connectivity index (χ1n) is 7.89. The molecule has 0 bridgehead atoms. The Morgan fingerprint density at radius 3 is 1.19 bits per heavy atom. The van der Waals surface area contributed by atoms with Gasteiger partial charge in [0.2, 0.25) is 0 Å². The van der Waals surface area contributed by atoms with E-state index in [-0.39, 0.29) is 17.3 Å². The van der Waals surface area contributed by atoms with Gasteiger partial charge in [-0.25, -0.2) is 0 Å². The summed E-state index contributed by atoms with van der Waals surface area (Å²) in [5, 5.41) is 17.4. The molecule has 0 aromatic rings. The van der Waals surface area contributed by atoms with E-state index >= 15 is 0 Å². The smallest absolute Gasteiger partial charge is 0.306 e. The highest BCUT2D eigenvalue weighted by Gasteiger charge is 2.27. The molecule has 0 saturated heterocycles. The van der Waals surface area contributed by atoms with Crippen LogP contribution in [-0.2, 0) is 9.59 Å². The molecule has 2 rings (SSSR count). The highest BCUT2D eigenvalue weighted by atomic mass is 16.4. The number of rotatable bonds is 2. The predicted octanol–water partition coefficient (Wildman–Crippen LogP) is 2.97. The minimum atomic E-state index is -0.604. The molecule has 2 aliphatic carbocycles. The topological polar surface area (TPSA) is 106 Å². The van der Waals surface area contributed by atoms with Crippen LogP contribution in [0.1, 0.15) is 65.2 Å². The van der Waals surface area contributed by atoms with Crippen molar-refractivity contribution in [2.24, 2.45) is 23.7 Å². The standard InChI is InChI=1S/2C8H14O2.H2O/c2*1-6-4-2-3-5-7(6)8(9)10;/h2*6-7H,2-5H2,1H3,(H,9,10);1H2. The van der Waals surface area contributed by atoms with Crippen molar-refractivity contribution in [1.82, 2.24) is 0 Å². The minimum absolute atomic E-state index is 0. The SMILES string of the molecule is CC1CCCCC1C(=O)O.CC1CCCCC1C(=O)O.O. The average Bonchev–Trinajstić information content (AvgIpc) is 2.40. The number of carboxylic acid groups (broad SMARTS) is 2. The van der Waals surface area contributed by atoms with Crippen molar-refractivity contribution in [2.75, 3.05) is 0 Å². The first kappa shape index (κ1) is 19.9. The van der Waals surface area contributed by atoms with Crippen LogP contribution in [0.2, 0.25) is 0 Å². The molecule has 124 valence electrons. The molecule has 0 heterocycles. The number of hydrogen-bond donors (Lipinski definition) is 2. The van der Waals surface area contributed by atoms with Crippen LogP contribution in [0.3, 0.4) is 0 Å². The number of aliphatic carboxylic acids is 2. The van der Waals surface area contributed by atoms with E-state index in [1.54, 1.807) is 0 Å². The quantitative estimate of drug-likeness (QED) is 0.817. The van der Waals surface area contributed by atoms with E-state index in [9.17, 15) is 9.59 Å². The van der Waals surface area contributed by atoms with Gasteiger partial charge in [-0.15, -0.1) is 0 Å². The maximum absolute atomic E-state index is 10.6. The van der Waals surface area contributed by atoms with Gasteiger partial charge >= 0.3 is 11.9 Å². The fourth-order valence-electron chi connectivity index (χ4n) is 3.37. The second kappa shape index (κ2) is 9.77. The Bertz CT molecular complexity index is 297. The van der Waals surface area contributed by atoms with Crippen LogP contribution < -0.4 is 0 Å². The zero-order chi connectivity index (χ0) is 15.1. The molecule has 2 saturated carbocycles. The van der Waals surface area contributed by atoms with Crippen molar-refractivity contribution < 1.29 is 25.3 Å². The molecule has 0 aromatic heterocycles. The third-order valence-electron chi connectivity index (χ3n) is 4.86. The molecule has 21 heavy (non-hydrogen) atoms. The summed E-state index contributed by atoms with van der Waals surface area (Å²) in [5.41, 5.74) is 0. The van der Waals surface area contributed by atoms with Crippen LogP contribution in [-0.4, -0.2) is 27.6 Å². The molecule has 4 N–H and O–H groups in total. The van der Waals surface area contributed by atoms with Crippen LogP contribution in [0.5, 0.6) is 0 Å². The summed E-state index contributed by atoms with van der Waals surface area (Å²) >= 11 is 0. The van der Waals surface area contributed by atoms with Gasteiger partial charge in [-0.1, -0.05) is 39.5 Å². The van der Waals surface area contributed by atoms with E-state index in [4.69, 9.17) is 10.2 Å². The first-order chi connectivity index (χ1) is 9.43. The molecule has 4 atom stereocenters. The summed E-state index contributed by atoms with van der Waals surface area (Å²) in [5.74, 6) is -0.542. The second-order valence-corrected chi connectivity index (χ2v) is 6.41. The number of carbonyl (C=O) groups is 2. The first-order valence-corrected chi connectivity index (χ1v) is 7.89. The monoisotopic (exact) mass is 302 g/mol. The summed E-state index contributed by atoms with van der Waals surface area (Å²) in [6, 6.07) is 0. The minimum Gasteiger partial charge on any atom is -0.481 e. The molecule has 5 nitrogen and oxygen atoms in total. The van der Waals surface area contributed by atoms with E-state index in [0.29, 0.717) is 11.8 Å². The lowest BCUT2D eigenvalue weighted by Gasteiger charge is -2.24. The number of carboxylic acids is 2. The maximum Gasteiger partial charge on any atom is 0.306 e. The van der Waals surface area contributed by atoms with Crippen molar-refractivity contribution in [3.05, 3.63) is 0 Å². The van der Waals surface area contributed by atoms with E-state index in [2.05, 4.69) is 0 Å². The normalized spacial score (nSPS) is 32.1. The number of hydrogen-bond acceptors (Lipinski definition) is 2. The van der Waals surface area contributed by atoms with Crippen molar-refractivity contribution in [1.29, 1.82) is 0 Å². The van der Waals surface area contributed by atoms with Gasteiger partial charge in [0.05, 0.1) is 11.8 Å². The summed E-state index contributed by atoms with van der Waals surface area (Å²) < 4.78 is 0. The predicted molar refractivity (Wildman–Crippen MR) is 81.1 cm³/mol. The van der Waals surface area contributed by atoms with E-state index in [1.165, 1.54) is 12.8 Å². The molecule has 0 aliphatic heterocycles. The van der Waals surface area contributed by atoms with Gasteiger partial charge in [0.15, 0.2) is 0 Å². The molecular weight excluding hydrogens is 272 g/mol. The van der Waals surface area contributed by atoms with Crippen molar-refractivity contribution in [2.45, 2.75) is 65.2 Å². The van der Waals surface area contributed by atoms with Crippen LogP contribution >= 0.6 is 0 Å². The zero-order valence-corrected chi connectivity index (χ0v) is 13.2. The fourth-order valence-corrected chi connectivity index (χ4v) is 3.37. The highest BCUT2D eigenvalue weighted by molar-refractivity contribution is 5.70. The molecule has 0 amide bonds. The molecule has 0 spiro atoms. The highest BCUT2D eigenvalue weighted by Crippen LogP contribution is 2.30. The van der Waals surface area contributed by atoms with Crippen molar-refractivity contribution in [3.8, 4) is 0 Å². The molecular formula is C16H30O5. The summed E-state index contributed by atoms with van der Waals surface area (Å²) in [6.45, 7) is 4.08. The average molecular weight is 302 g/mol. The second-order valence-electron chi connectivity index (χ2n) is 6.41. The summed E-state index contributed by atoms with van der Waals surface area (Å²) in [7, 11) is 0. The Labute approximate surface area is 127 Å². The van der Waals surface area contributed by atoms with Gasteiger partial charge in [0.1, 0.15) is 0 Å². The van der Waals surface area contributed by atoms with Gasteiger partial charge in [-0.3, -0.25) is 9.59 Å². The lowest BCUT2D eigenvalue weighted by molar-refractivity contribution is -0.145. The molecule has 4 unspecified atom stereocenters. The van der Waals surface area contributed by atoms with Gasteiger partial charge in [0, 0.05) is 0 Å². The van der Waals surface area contributed by atoms with Crippen LogP contribution in [0.4, 0.5) is 0 Å². The van der Waals surface area contributed by atoms with E-state index in [0.717, 1.165) is 38.5 Å². The van der Waals surface area contributed by atoms with Crippen LogP contribution in [0.15, 0.2) is 0 Å². The Morgan fingerprint density at radius 1 is 0.714 bits per heavy atom. The van der Waals surface area contributed by atoms with Gasteiger partial charge in [-0.2, -0.15) is 0 Å². The molecule has 2 fully saturated rings. The summed E-state index contributed by atoms with van der Waals surface area (Å²) in [6.07, 6.45) is 8.58. The Morgan fingerprint density at radius 2 is 1.00 bits per heavy atom. The Hall–Kier alpha value is -1.10. The van der Waals surface area contributed by atoms with Crippen molar-refractivity contribution in [3.63, 3.8) is 0 Å². The van der Waals surface area contributed by atoms with Crippen LogP contribution in [0.25, 0.3) is 0 Å². The molecule has 0 aromatic carbocycles. The Balaban J connectivity index is 0.000000364. The summed E-state index contributed by atoms with van der Waals surface area (Å²) in [4.78, 5) is 21.1. The maximum atomic E-state index is 10.6. The fraction of sp³-hybridized carbons (Fsp3) is 0.875. The largest absolute Gasteiger partial charge is 0.481 e. The van der Waals surface area contributed by atoms with Gasteiger partial charge in [-0.05, 0) is 37.5 Å². The Kier molecular flexibility index (Phi) is 9.26. The third-order valence-corrected chi connectivity index (χ3v) is 4.86. The van der Waals surface area contributed by atoms with E-state index < -0.39 is 11.9 Å². The lowest BCUT2D eigenvalue weighted by atomic mass is 9.81. The molecule has 2 aliphatic rings. The van der Waals surface area contributed by atoms with Gasteiger partial charge in [0.25, 0.3) is 0 Å².